The van der Waals surface area contributed by atoms with Crippen LogP contribution in [0.1, 0.15) is 0 Å². The molecule has 0 saturated heterocycles. The fourth-order valence-corrected chi connectivity index (χ4v) is 12.1. The van der Waals surface area contributed by atoms with Crippen molar-refractivity contribution in [3.63, 3.8) is 0 Å². The summed E-state index contributed by atoms with van der Waals surface area (Å²) in [6.45, 7) is 0. The summed E-state index contributed by atoms with van der Waals surface area (Å²) in [5.74, 6) is 0. The summed E-state index contributed by atoms with van der Waals surface area (Å²) in [6, 6.07) is 113. The van der Waals surface area contributed by atoms with Crippen LogP contribution in [0.5, 0.6) is 0 Å². The zero-order valence-corrected chi connectivity index (χ0v) is 43.3. The fourth-order valence-electron chi connectivity index (χ4n) is 12.1. The number of nitrogens with zero attached hydrogens (tertiary/aromatic N) is 3. The average molecular weight is 1010 g/mol. The van der Waals surface area contributed by atoms with Gasteiger partial charge in [-0.2, -0.15) is 0 Å². The second kappa shape index (κ2) is 19.3. The summed E-state index contributed by atoms with van der Waals surface area (Å²) in [6.07, 6.45) is 0. The van der Waals surface area contributed by atoms with E-state index in [1.54, 1.807) is 0 Å². The summed E-state index contributed by atoms with van der Waals surface area (Å²) in [7, 11) is 0. The maximum atomic E-state index is 2.48. The summed E-state index contributed by atoms with van der Waals surface area (Å²) in [4.78, 5) is 4.84. The molecular formula is C76H51N3. The van der Waals surface area contributed by atoms with Crippen LogP contribution in [0.4, 0.5) is 34.1 Å². The third kappa shape index (κ3) is 8.16. The number of benzene rings is 14. The molecule has 3 heteroatoms. The minimum atomic E-state index is 1.04. The second-order valence-electron chi connectivity index (χ2n) is 20.5. The van der Waals surface area contributed by atoms with Crippen molar-refractivity contribution < 1.29 is 0 Å². The van der Waals surface area contributed by atoms with E-state index in [0.717, 1.165) is 56.5 Å². The molecule has 0 unspecified atom stereocenters. The van der Waals surface area contributed by atoms with Gasteiger partial charge < -0.3 is 14.4 Å². The molecule has 0 N–H and O–H groups in total. The van der Waals surface area contributed by atoms with Crippen LogP contribution in [0, 0.1) is 0 Å². The first-order chi connectivity index (χ1) is 39.2. The van der Waals surface area contributed by atoms with E-state index in [1.807, 2.05) is 0 Å². The molecule has 0 spiro atoms. The van der Waals surface area contributed by atoms with E-state index in [9.17, 15) is 0 Å². The Morgan fingerprint density at radius 1 is 0.215 bits per heavy atom. The SMILES string of the molecule is c1ccc(-c2ccc3cc(N(c4ccccc4)c4cc(-c5ccc6c(c5)c5c7ccccc7c7ccccc7c5n6-c5ccccc5)cc(N(c5ccccc5)c5ccc6cc(-c7ccccc7)ccc6c5)c4)ccc3c2)cc1. The van der Waals surface area contributed by atoms with Gasteiger partial charge in [-0.1, -0.05) is 206 Å². The molecule has 0 aliphatic heterocycles. The molecule has 14 aromatic carbocycles. The molecule has 0 bridgehead atoms. The number of hydrogen-bond donors (Lipinski definition) is 0. The molecule has 15 aromatic rings. The average Bonchev–Trinajstić information content (AvgIpc) is 3.96. The van der Waals surface area contributed by atoms with Gasteiger partial charge >= 0.3 is 0 Å². The van der Waals surface area contributed by atoms with Crippen molar-refractivity contribution >= 4 is 99.0 Å². The van der Waals surface area contributed by atoms with Crippen LogP contribution < -0.4 is 9.80 Å². The van der Waals surface area contributed by atoms with Crippen LogP contribution in [0.15, 0.2) is 309 Å². The van der Waals surface area contributed by atoms with Crippen molar-refractivity contribution in [1.29, 1.82) is 0 Å². The highest BCUT2D eigenvalue weighted by molar-refractivity contribution is 6.32. The summed E-state index contributed by atoms with van der Waals surface area (Å²) in [5.41, 5.74) is 16.9. The lowest BCUT2D eigenvalue weighted by Crippen LogP contribution is -2.13. The molecule has 370 valence electrons. The lowest BCUT2D eigenvalue weighted by molar-refractivity contribution is 1.19. The van der Waals surface area contributed by atoms with Crippen molar-refractivity contribution in [2.75, 3.05) is 9.80 Å². The summed E-state index contributed by atoms with van der Waals surface area (Å²) >= 11 is 0. The van der Waals surface area contributed by atoms with E-state index in [-0.39, 0.29) is 0 Å². The molecule has 1 heterocycles. The smallest absolute Gasteiger partial charge is 0.0625 e. The Morgan fingerprint density at radius 3 is 1.15 bits per heavy atom. The minimum absolute atomic E-state index is 1.04. The Balaban J connectivity index is 0.982. The van der Waals surface area contributed by atoms with E-state index in [1.165, 1.54) is 81.6 Å². The van der Waals surface area contributed by atoms with E-state index < -0.39 is 0 Å². The number of rotatable bonds is 10. The summed E-state index contributed by atoms with van der Waals surface area (Å²) in [5, 5.41) is 12.2. The van der Waals surface area contributed by atoms with Gasteiger partial charge in [0, 0.05) is 56.0 Å². The maximum absolute atomic E-state index is 2.48. The van der Waals surface area contributed by atoms with E-state index in [2.05, 4.69) is 324 Å². The molecule has 0 atom stereocenters. The monoisotopic (exact) mass is 1010 g/mol. The molecule has 1 aromatic heterocycles. The van der Waals surface area contributed by atoms with Crippen molar-refractivity contribution in [1.82, 2.24) is 4.57 Å². The molecule has 79 heavy (non-hydrogen) atoms. The van der Waals surface area contributed by atoms with Crippen LogP contribution >= 0.6 is 0 Å². The van der Waals surface area contributed by atoms with Crippen molar-refractivity contribution in [2.45, 2.75) is 0 Å². The topological polar surface area (TPSA) is 11.4 Å². The van der Waals surface area contributed by atoms with Crippen molar-refractivity contribution in [2.24, 2.45) is 0 Å². The Bertz CT molecular complexity index is 4580. The van der Waals surface area contributed by atoms with Gasteiger partial charge in [-0.25, -0.2) is 0 Å². The van der Waals surface area contributed by atoms with E-state index in [4.69, 9.17) is 0 Å². The van der Waals surface area contributed by atoms with Gasteiger partial charge in [0.25, 0.3) is 0 Å². The first-order valence-electron chi connectivity index (χ1n) is 27.1. The summed E-state index contributed by atoms with van der Waals surface area (Å²) < 4.78 is 2.48. The first kappa shape index (κ1) is 45.9. The molecule has 0 aliphatic rings. The maximum Gasteiger partial charge on any atom is 0.0625 e. The van der Waals surface area contributed by atoms with E-state index >= 15 is 0 Å². The normalized spacial score (nSPS) is 11.5. The third-order valence-corrected chi connectivity index (χ3v) is 15.8. The molecule has 0 aliphatic carbocycles. The second-order valence-corrected chi connectivity index (χ2v) is 20.5. The molecule has 3 nitrogen and oxygen atoms in total. The lowest BCUT2D eigenvalue weighted by Gasteiger charge is -2.30. The van der Waals surface area contributed by atoms with Gasteiger partial charge in [0.2, 0.25) is 0 Å². The lowest BCUT2D eigenvalue weighted by atomic mass is 9.95. The Hall–Kier alpha value is -10.5. The van der Waals surface area contributed by atoms with Gasteiger partial charge in [-0.05, 0) is 174 Å². The molecule has 0 fully saturated rings. The molecule has 0 amide bonds. The highest BCUT2D eigenvalue weighted by Crippen LogP contribution is 2.47. The van der Waals surface area contributed by atoms with Crippen LogP contribution in [0.2, 0.25) is 0 Å². The Morgan fingerprint density at radius 2 is 0.620 bits per heavy atom. The van der Waals surface area contributed by atoms with Gasteiger partial charge in [-0.3, -0.25) is 0 Å². The highest BCUT2D eigenvalue weighted by atomic mass is 15.2. The Kier molecular flexibility index (Phi) is 11.2. The minimum Gasteiger partial charge on any atom is -0.310 e. The van der Waals surface area contributed by atoms with Crippen LogP contribution in [-0.4, -0.2) is 4.57 Å². The number of fused-ring (bicyclic) bond motifs is 10. The molecule has 15 rings (SSSR count). The van der Waals surface area contributed by atoms with Crippen LogP contribution in [0.25, 0.3) is 104 Å². The largest absolute Gasteiger partial charge is 0.310 e. The predicted octanol–water partition coefficient (Wildman–Crippen LogP) is 21.3. The zero-order chi connectivity index (χ0) is 52.2. The van der Waals surface area contributed by atoms with Gasteiger partial charge in [0.05, 0.1) is 11.0 Å². The molecule has 0 radical (unpaired) electrons. The molecule has 0 saturated carbocycles. The van der Waals surface area contributed by atoms with Crippen molar-refractivity contribution in [3.05, 3.63) is 309 Å². The number of hydrogen-bond acceptors (Lipinski definition) is 2. The predicted molar refractivity (Wildman–Crippen MR) is 336 cm³/mol. The Labute approximate surface area is 459 Å². The zero-order valence-electron chi connectivity index (χ0n) is 43.3. The van der Waals surface area contributed by atoms with Crippen LogP contribution in [-0.2, 0) is 0 Å². The molecular weight excluding hydrogens is 955 g/mol. The van der Waals surface area contributed by atoms with Gasteiger partial charge in [-0.15, -0.1) is 0 Å². The van der Waals surface area contributed by atoms with Crippen molar-refractivity contribution in [3.8, 4) is 39.1 Å². The van der Waals surface area contributed by atoms with E-state index in [0.29, 0.717) is 0 Å². The number of anilines is 6. The highest BCUT2D eigenvalue weighted by Gasteiger charge is 2.23. The third-order valence-electron chi connectivity index (χ3n) is 15.8. The van der Waals surface area contributed by atoms with Gasteiger partial charge in [0.15, 0.2) is 0 Å². The van der Waals surface area contributed by atoms with Crippen LogP contribution in [0.3, 0.4) is 0 Å². The fraction of sp³-hybridized carbons (Fsp3) is 0. The standard InChI is InChI=1S/C76H51N3/c1-6-20-52(21-7-1)54-34-36-58-46-65(41-38-56(58)44-54)77(62-24-10-3-11-25-62)67-48-61(49-68(51-67)78(63-26-12-4-13-27-63)66-42-39-57-45-55(35-37-59(57)47-66)53-22-8-2-9-23-53)60-40-43-74-73(50-60)75-71-32-18-16-30-69(71)70-31-17-19-33-72(70)76(75)79(74)64-28-14-5-15-29-64/h1-51H. The number of aromatic nitrogens is 1. The number of para-hydroxylation sites is 3. The van der Waals surface area contributed by atoms with Gasteiger partial charge in [0.1, 0.15) is 0 Å². The quantitative estimate of drug-likeness (QED) is 0.127. The first-order valence-corrected chi connectivity index (χ1v) is 27.1.